The largest absolute Gasteiger partial charge is 0.388 e. The molecule has 0 spiro atoms. The molecule has 2 rings (SSSR count). The van der Waals surface area contributed by atoms with Crippen LogP contribution in [0.5, 0.6) is 0 Å². The Morgan fingerprint density at radius 3 is 2.16 bits per heavy atom. The van der Waals surface area contributed by atoms with Crippen LogP contribution in [0.15, 0.2) is 0 Å². The van der Waals surface area contributed by atoms with Gasteiger partial charge in [-0.05, 0) is 49.4 Å². The summed E-state index contributed by atoms with van der Waals surface area (Å²) in [5, 5.41) is 21.2. The Bertz CT molecular complexity index is 371. The van der Waals surface area contributed by atoms with Gasteiger partial charge < -0.3 is 5.11 Å². The van der Waals surface area contributed by atoms with Gasteiger partial charge in [-0.2, -0.15) is 5.26 Å². The zero-order valence-corrected chi connectivity index (χ0v) is 13.0. The van der Waals surface area contributed by atoms with Crippen LogP contribution in [0.2, 0.25) is 0 Å². The van der Waals surface area contributed by atoms with E-state index in [-0.39, 0.29) is 5.92 Å². The molecule has 2 nitrogen and oxygen atoms in total. The molecule has 108 valence electrons. The van der Waals surface area contributed by atoms with Crippen molar-refractivity contribution in [1.82, 2.24) is 0 Å². The van der Waals surface area contributed by atoms with Gasteiger partial charge in [0.2, 0.25) is 0 Å². The average Bonchev–Trinajstić information content (AvgIpc) is 2.36. The first-order valence-corrected chi connectivity index (χ1v) is 7.90. The summed E-state index contributed by atoms with van der Waals surface area (Å²) in [6.45, 7) is 8.95. The lowest BCUT2D eigenvalue weighted by Gasteiger charge is -2.54. The smallest absolute Gasteiger partial charge is 0.0863 e. The van der Waals surface area contributed by atoms with Gasteiger partial charge in [-0.15, -0.1) is 0 Å². The lowest BCUT2D eigenvalue weighted by molar-refractivity contribution is -0.153. The fraction of sp³-hybridized carbons (Fsp3) is 0.941. The molecule has 2 fully saturated rings. The quantitative estimate of drug-likeness (QED) is 0.767. The van der Waals surface area contributed by atoms with Crippen molar-refractivity contribution < 1.29 is 5.11 Å². The first-order chi connectivity index (χ1) is 8.76. The normalized spacial score (nSPS) is 41.5. The van der Waals surface area contributed by atoms with Crippen LogP contribution >= 0.6 is 0 Å². The van der Waals surface area contributed by atoms with Gasteiger partial charge in [0.1, 0.15) is 0 Å². The van der Waals surface area contributed by atoms with Crippen LogP contribution in [-0.2, 0) is 0 Å². The molecule has 0 radical (unpaired) electrons. The number of hydrogen-bond donors (Lipinski definition) is 1. The second-order valence-electron chi connectivity index (χ2n) is 7.94. The molecule has 3 unspecified atom stereocenters. The number of nitriles is 1. The molecule has 0 aromatic carbocycles. The summed E-state index contributed by atoms with van der Waals surface area (Å²) in [5.74, 6) is 0.765. The Morgan fingerprint density at radius 1 is 1.05 bits per heavy atom. The Hall–Kier alpha value is -0.550. The predicted molar refractivity (Wildman–Crippen MR) is 77.4 cm³/mol. The molecule has 19 heavy (non-hydrogen) atoms. The van der Waals surface area contributed by atoms with Crippen LogP contribution in [0.3, 0.4) is 0 Å². The van der Waals surface area contributed by atoms with Crippen molar-refractivity contribution in [3.63, 3.8) is 0 Å². The van der Waals surface area contributed by atoms with E-state index in [1.165, 1.54) is 6.42 Å². The minimum Gasteiger partial charge on any atom is -0.388 e. The molecule has 0 heterocycles. The zero-order chi connectivity index (χ0) is 14.3. The molecule has 0 amide bonds. The monoisotopic (exact) mass is 263 g/mol. The highest BCUT2D eigenvalue weighted by Crippen LogP contribution is 2.56. The molecule has 3 atom stereocenters. The van der Waals surface area contributed by atoms with Crippen LogP contribution in [0, 0.1) is 34.0 Å². The van der Waals surface area contributed by atoms with Gasteiger partial charge >= 0.3 is 0 Å². The Morgan fingerprint density at radius 2 is 1.63 bits per heavy atom. The van der Waals surface area contributed by atoms with Crippen molar-refractivity contribution in [2.45, 2.75) is 78.2 Å². The number of hydrogen-bond acceptors (Lipinski definition) is 2. The van der Waals surface area contributed by atoms with E-state index in [1.807, 2.05) is 0 Å². The zero-order valence-electron chi connectivity index (χ0n) is 13.0. The fourth-order valence-electron chi connectivity index (χ4n) is 4.31. The van der Waals surface area contributed by atoms with E-state index >= 15 is 0 Å². The first-order valence-electron chi connectivity index (χ1n) is 7.90. The lowest BCUT2D eigenvalue weighted by atomic mass is 9.52. The van der Waals surface area contributed by atoms with E-state index in [9.17, 15) is 10.4 Å². The van der Waals surface area contributed by atoms with Crippen molar-refractivity contribution in [2.75, 3.05) is 0 Å². The van der Waals surface area contributed by atoms with Gasteiger partial charge in [0, 0.05) is 0 Å². The second kappa shape index (κ2) is 4.77. The van der Waals surface area contributed by atoms with Crippen LogP contribution in [-0.4, -0.2) is 10.7 Å². The third-order valence-corrected chi connectivity index (χ3v) is 6.32. The van der Waals surface area contributed by atoms with Gasteiger partial charge in [-0.25, -0.2) is 0 Å². The van der Waals surface area contributed by atoms with Gasteiger partial charge in [-0.1, -0.05) is 40.5 Å². The Balaban J connectivity index is 2.29. The highest BCUT2D eigenvalue weighted by atomic mass is 16.3. The minimum absolute atomic E-state index is 0.238. The molecular formula is C17H29NO. The van der Waals surface area contributed by atoms with Gasteiger partial charge in [0.05, 0.1) is 17.1 Å². The van der Waals surface area contributed by atoms with Crippen LogP contribution < -0.4 is 0 Å². The maximum absolute atomic E-state index is 11.3. The molecule has 0 aromatic rings. The molecule has 2 saturated carbocycles. The van der Waals surface area contributed by atoms with Crippen LogP contribution in [0.4, 0.5) is 0 Å². The highest BCUT2D eigenvalue weighted by molar-refractivity contribution is 5.16. The summed E-state index contributed by atoms with van der Waals surface area (Å²) in [6, 6.07) is 2.57. The van der Waals surface area contributed by atoms with Crippen molar-refractivity contribution in [3.05, 3.63) is 0 Å². The summed E-state index contributed by atoms with van der Waals surface area (Å²) < 4.78 is 0. The molecule has 2 aliphatic carbocycles. The summed E-state index contributed by atoms with van der Waals surface area (Å²) in [7, 11) is 0. The van der Waals surface area contributed by atoms with E-state index in [1.54, 1.807) is 0 Å². The molecule has 1 N–H and O–H groups in total. The van der Waals surface area contributed by atoms with Crippen molar-refractivity contribution >= 4 is 0 Å². The average molecular weight is 263 g/mol. The summed E-state index contributed by atoms with van der Waals surface area (Å²) in [6.07, 6.45) is 6.92. The van der Waals surface area contributed by atoms with Gasteiger partial charge in [0.15, 0.2) is 0 Å². The number of rotatable bonds is 1. The van der Waals surface area contributed by atoms with Crippen LogP contribution in [0.25, 0.3) is 0 Å². The number of aliphatic hydroxyl groups is 1. The summed E-state index contributed by atoms with van der Waals surface area (Å²) in [5.41, 5.74) is -0.938. The minimum atomic E-state index is -0.768. The van der Waals surface area contributed by atoms with E-state index in [0.717, 1.165) is 38.5 Å². The van der Waals surface area contributed by atoms with Gasteiger partial charge in [0.25, 0.3) is 0 Å². The highest BCUT2D eigenvalue weighted by Gasteiger charge is 2.57. The maximum Gasteiger partial charge on any atom is 0.0863 e. The molecule has 0 bridgehead atoms. The van der Waals surface area contributed by atoms with E-state index in [0.29, 0.717) is 11.3 Å². The SMILES string of the molecule is CC1CCCC(O)(C2(C#N)CCC(C)(C)CC2)C1C. The van der Waals surface area contributed by atoms with E-state index < -0.39 is 11.0 Å². The second-order valence-corrected chi connectivity index (χ2v) is 7.94. The van der Waals surface area contributed by atoms with Crippen molar-refractivity contribution in [2.24, 2.45) is 22.7 Å². The molecule has 0 saturated heterocycles. The Labute approximate surface area is 118 Å². The standard InChI is InChI=1S/C17H29NO/c1-13-6-5-7-17(19,14(13)2)16(12-18)10-8-15(3,4)9-11-16/h13-14,19H,5-11H2,1-4H3. The van der Waals surface area contributed by atoms with E-state index in [2.05, 4.69) is 33.8 Å². The lowest BCUT2D eigenvalue weighted by Crippen LogP contribution is -2.57. The maximum atomic E-state index is 11.3. The Kier molecular flexibility index (Phi) is 3.73. The molecular weight excluding hydrogens is 234 g/mol. The van der Waals surface area contributed by atoms with Gasteiger partial charge in [-0.3, -0.25) is 0 Å². The van der Waals surface area contributed by atoms with Crippen LogP contribution in [0.1, 0.15) is 72.6 Å². The predicted octanol–water partition coefficient (Wildman–Crippen LogP) is 4.28. The number of nitrogens with zero attached hydrogens (tertiary/aromatic N) is 1. The molecule has 0 aliphatic heterocycles. The molecule has 0 aromatic heterocycles. The summed E-state index contributed by atoms with van der Waals surface area (Å²) in [4.78, 5) is 0. The molecule has 2 aliphatic rings. The summed E-state index contributed by atoms with van der Waals surface area (Å²) >= 11 is 0. The van der Waals surface area contributed by atoms with Crippen molar-refractivity contribution in [1.29, 1.82) is 5.26 Å². The van der Waals surface area contributed by atoms with E-state index in [4.69, 9.17) is 0 Å². The third-order valence-electron chi connectivity index (χ3n) is 6.32. The third kappa shape index (κ3) is 2.31. The fourth-order valence-corrected chi connectivity index (χ4v) is 4.31. The molecule has 2 heteroatoms. The first kappa shape index (κ1) is 14.9. The topological polar surface area (TPSA) is 44.0 Å². The van der Waals surface area contributed by atoms with Crippen molar-refractivity contribution in [3.8, 4) is 6.07 Å².